The minimum atomic E-state index is -0.748. The van der Waals surface area contributed by atoms with Crippen molar-refractivity contribution in [2.75, 3.05) is 12.5 Å². The van der Waals surface area contributed by atoms with Crippen LogP contribution in [0.3, 0.4) is 0 Å². The molecule has 0 radical (unpaired) electrons. The molecule has 0 unspecified atom stereocenters. The molecule has 0 saturated heterocycles. The molecule has 2 aromatic rings. The summed E-state index contributed by atoms with van der Waals surface area (Å²) in [5.41, 5.74) is 2.14. The molecule has 140 valence electrons. The summed E-state index contributed by atoms with van der Waals surface area (Å²) in [6.07, 6.45) is 1.35. The minimum Gasteiger partial charge on any atom is -0.493 e. The molecule has 0 amide bonds. The number of ether oxygens (including phenoxy) is 2. The van der Waals surface area contributed by atoms with Gasteiger partial charge in [0.25, 0.3) is 5.69 Å². The van der Waals surface area contributed by atoms with Gasteiger partial charge in [-0.05, 0) is 29.8 Å². The number of carbonyl (C=O) groups is 1. The van der Waals surface area contributed by atoms with Gasteiger partial charge in [0.05, 0.1) is 29.2 Å². The summed E-state index contributed by atoms with van der Waals surface area (Å²) < 4.78 is 10.1. The van der Waals surface area contributed by atoms with Crippen molar-refractivity contribution < 1.29 is 24.1 Å². The van der Waals surface area contributed by atoms with Crippen LogP contribution in [0.5, 0.6) is 11.5 Å². The molecular formula is C16H14N4O7. The lowest BCUT2D eigenvalue weighted by molar-refractivity contribution is -0.393. The average molecular weight is 374 g/mol. The predicted molar refractivity (Wildman–Crippen MR) is 95.3 cm³/mol. The number of anilines is 1. The Kier molecular flexibility index (Phi) is 5.99. The Morgan fingerprint density at radius 2 is 1.85 bits per heavy atom. The Hall–Kier alpha value is -4.02. The molecule has 2 aromatic carbocycles. The molecule has 0 atom stereocenters. The Bertz CT molecular complexity index is 927. The molecule has 0 aliphatic carbocycles. The highest BCUT2D eigenvalue weighted by Gasteiger charge is 2.19. The molecule has 2 rings (SSSR count). The summed E-state index contributed by atoms with van der Waals surface area (Å²) in [5, 5.41) is 25.7. The van der Waals surface area contributed by atoms with Crippen molar-refractivity contribution >= 4 is 29.2 Å². The van der Waals surface area contributed by atoms with Gasteiger partial charge in [0.1, 0.15) is 5.69 Å². The van der Waals surface area contributed by atoms with Crippen molar-refractivity contribution in [3.63, 3.8) is 0 Å². The van der Waals surface area contributed by atoms with Gasteiger partial charge in [0.15, 0.2) is 11.5 Å². The first-order valence-corrected chi connectivity index (χ1v) is 7.40. The van der Waals surface area contributed by atoms with Gasteiger partial charge < -0.3 is 9.47 Å². The topological polar surface area (TPSA) is 146 Å². The van der Waals surface area contributed by atoms with Crippen LogP contribution in [0.4, 0.5) is 17.1 Å². The van der Waals surface area contributed by atoms with E-state index < -0.39 is 27.2 Å². The number of nitrogens with zero attached hydrogens (tertiary/aromatic N) is 3. The Morgan fingerprint density at radius 3 is 2.44 bits per heavy atom. The molecule has 0 fully saturated rings. The maximum atomic E-state index is 11.1. The number of non-ortho nitro benzene ring substituents is 1. The van der Waals surface area contributed by atoms with Crippen LogP contribution >= 0.6 is 0 Å². The van der Waals surface area contributed by atoms with E-state index in [2.05, 4.69) is 10.5 Å². The van der Waals surface area contributed by atoms with Gasteiger partial charge in [-0.1, -0.05) is 0 Å². The third-order valence-electron chi connectivity index (χ3n) is 3.23. The largest absolute Gasteiger partial charge is 0.493 e. The van der Waals surface area contributed by atoms with E-state index >= 15 is 0 Å². The third kappa shape index (κ3) is 4.98. The highest BCUT2D eigenvalue weighted by atomic mass is 16.6. The Labute approximate surface area is 152 Å². The van der Waals surface area contributed by atoms with E-state index in [-0.39, 0.29) is 11.4 Å². The molecule has 0 aliphatic rings. The van der Waals surface area contributed by atoms with Crippen LogP contribution in [-0.4, -0.2) is 29.1 Å². The van der Waals surface area contributed by atoms with Crippen LogP contribution in [-0.2, 0) is 4.79 Å². The van der Waals surface area contributed by atoms with Crippen LogP contribution in [0, 0.1) is 20.2 Å². The summed E-state index contributed by atoms with van der Waals surface area (Å²) in [5.74, 6) is 0.0402. The second kappa shape index (κ2) is 8.38. The second-order valence-electron chi connectivity index (χ2n) is 5.09. The van der Waals surface area contributed by atoms with E-state index in [1.165, 1.54) is 32.4 Å². The first-order chi connectivity index (χ1) is 12.8. The van der Waals surface area contributed by atoms with Crippen LogP contribution in [0.2, 0.25) is 0 Å². The second-order valence-corrected chi connectivity index (χ2v) is 5.09. The Balaban J connectivity index is 2.21. The maximum Gasteiger partial charge on any atom is 0.308 e. The number of nitro groups is 2. The molecule has 11 heteroatoms. The van der Waals surface area contributed by atoms with Crippen molar-refractivity contribution in [1.82, 2.24) is 0 Å². The number of benzene rings is 2. The predicted octanol–water partition coefficient (Wildman–Crippen LogP) is 2.88. The minimum absolute atomic E-state index is 0.00894. The van der Waals surface area contributed by atoms with E-state index in [1.54, 1.807) is 12.1 Å². The number of hydrazone groups is 1. The van der Waals surface area contributed by atoms with E-state index in [4.69, 9.17) is 9.47 Å². The normalized spacial score (nSPS) is 10.4. The van der Waals surface area contributed by atoms with Gasteiger partial charge in [-0.15, -0.1) is 0 Å². The molecule has 0 bridgehead atoms. The quantitative estimate of drug-likeness (QED) is 0.256. The van der Waals surface area contributed by atoms with Crippen LogP contribution in [0.1, 0.15) is 12.5 Å². The lowest BCUT2D eigenvalue weighted by atomic mass is 10.2. The SMILES string of the molecule is COc1cc(C=NNc2ccc([N+](=O)[O-])cc2[N+](=O)[O-])ccc1OC(C)=O. The van der Waals surface area contributed by atoms with E-state index in [1.807, 2.05) is 0 Å². The highest BCUT2D eigenvalue weighted by Crippen LogP contribution is 2.29. The molecule has 27 heavy (non-hydrogen) atoms. The summed E-state index contributed by atoms with van der Waals surface area (Å²) in [6, 6.07) is 7.81. The number of rotatable bonds is 7. The van der Waals surface area contributed by atoms with Crippen LogP contribution in [0.25, 0.3) is 0 Å². The summed E-state index contributed by atoms with van der Waals surface area (Å²) in [4.78, 5) is 31.4. The fraction of sp³-hybridized carbons (Fsp3) is 0.125. The molecule has 1 N–H and O–H groups in total. The monoisotopic (exact) mass is 374 g/mol. The zero-order valence-electron chi connectivity index (χ0n) is 14.2. The zero-order chi connectivity index (χ0) is 20.0. The van der Waals surface area contributed by atoms with E-state index in [0.717, 1.165) is 12.1 Å². The maximum absolute atomic E-state index is 11.1. The number of nitro benzene ring substituents is 2. The van der Waals surface area contributed by atoms with Gasteiger partial charge in [-0.2, -0.15) is 5.10 Å². The number of hydrogen-bond donors (Lipinski definition) is 1. The average Bonchev–Trinajstić information content (AvgIpc) is 2.62. The molecule has 11 nitrogen and oxygen atoms in total. The number of hydrogen-bond acceptors (Lipinski definition) is 9. The van der Waals surface area contributed by atoms with Crippen molar-refractivity contribution in [3.05, 3.63) is 62.2 Å². The van der Waals surface area contributed by atoms with Gasteiger partial charge >= 0.3 is 11.7 Å². The fourth-order valence-electron chi connectivity index (χ4n) is 2.06. The lowest BCUT2D eigenvalue weighted by Gasteiger charge is -2.08. The Morgan fingerprint density at radius 1 is 1.11 bits per heavy atom. The summed E-state index contributed by atoms with van der Waals surface area (Å²) in [7, 11) is 1.40. The standard InChI is InChI=1S/C16H14N4O7/c1-10(21)27-15-6-3-11(7-16(15)26-2)9-17-18-13-5-4-12(19(22)23)8-14(13)20(24)25/h3-9,18H,1-2H3. The van der Waals surface area contributed by atoms with Gasteiger partial charge in [-0.25, -0.2) is 0 Å². The molecule has 0 heterocycles. The van der Waals surface area contributed by atoms with Gasteiger partial charge in [0, 0.05) is 13.0 Å². The zero-order valence-corrected chi connectivity index (χ0v) is 14.2. The number of carbonyl (C=O) groups excluding carboxylic acids is 1. The molecule has 0 aromatic heterocycles. The number of nitrogens with one attached hydrogen (secondary N) is 1. The first kappa shape index (κ1) is 19.3. The molecule has 0 saturated carbocycles. The number of methoxy groups -OCH3 is 1. The number of esters is 1. The fourth-order valence-corrected chi connectivity index (χ4v) is 2.06. The van der Waals surface area contributed by atoms with Crippen LogP contribution < -0.4 is 14.9 Å². The summed E-state index contributed by atoms with van der Waals surface area (Å²) in [6.45, 7) is 1.26. The highest BCUT2D eigenvalue weighted by molar-refractivity contribution is 5.82. The molecule has 0 aliphatic heterocycles. The molecular weight excluding hydrogens is 360 g/mol. The van der Waals surface area contributed by atoms with Gasteiger partial charge in [0.2, 0.25) is 0 Å². The first-order valence-electron chi connectivity index (χ1n) is 7.40. The summed E-state index contributed by atoms with van der Waals surface area (Å²) >= 11 is 0. The van der Waals surface area contributed by atoms with Crippen molar-refractivity contribution in [3.8, 4) is 11.5 Å². The van der Waals surface area contributed by atoms with E-state index in [0.29, 0.717) is 11.3 Å². The van der Waals surface area contributed by atoms with E-state index in [9.17, 15) is 25.0 Å². The lowest BCUT2D eigenvalue weighted by Crippen LogP contribution is -2.03. The van der Waals surface area contributed by atoms with Crippen LogP contribution in [0.15, 0.2) is 41.5 Å². The van der Waals surface area contributed by atoms with Crippen molar-refractivity contribution in [2.24, 2.45) is 5.10 Å². The molecule has 0 spiro atoms. The smallest absolute Gasteiger partial charge is 0.308 e. The van der Waals surface area contributed by atoms with Crippen molar-refractivity contribution in [2.45, 2.75) is 6.92 Å². The third-order valence-corrected chi connectivity index (χ3v) is 3.23. The van der Waals surface area contributed by atoms with Gasteiger partial charge in [-0.3, -0.25) is 30.4 Å². The van der Waals surface area contributed by atoms with Crippen molar-refractivity contribution in [1.29, 1.82) is 0 Å².